The molecule has 0 unspecified atom stereocenters. The first-order valence-corrected chi connectivity index (χ1v) is 7.59. The van der Waals surface area contributed by atoms with Crippen LogP contribution in [0, 0.1) is 0 Å². The number of rotatable bonds is 4. The van der Waals surface area contributed by atoms with E-state index >= 15 is 0 Å². The van der Waals surface area contributed by atoms with Gasteiger partial charge in [-0.1, -0.05) is 13.0 Å². The van der Waals surface area contributed by atoms with Crippen molar-refractivity contribution in [3.63, 3.8) is 0 Å². The zero-order valence-corrected chi connectivity index (χ0v) is 13.1. The van der Waals surface area contributed by atoms with Gasteiger partial charge in [-0.3, -0.25) is 0 Å². The van der Waals surface area contributed by atoms with Gasteiger partial charge in [0.2, 0.25) is 0 Å². The number of pyridine rings is 1. The van der Waals surface area contributed by atoms with Crippen LogP contribution in [0.15, 0.2) is 22.8 Å². The first-order valence-electron chi connectivity index (χ1n) is 5.65. The standard InChI is InChI=1S/C12H19BrN2OS/c1-5-9(15-17(16)12(2,3)4)10-7-6-8-11(13)14-10/h6-9,15H,5H2,1-4H3/t9-,17+/m1/s1. The Kier molecular flexibility index (Phi) is 5.28. The minimum absolute atomic E-state index is 0.0209. The molecule has 1 N–H and O–H groups in total. The number of aromatic nitrogens is 1. The van der Waals surface area contributed by atoms with Crippen LogP contribution in [0.25, 0.3) is 0 Å². The van der Waals surface area contributed by atoms with Gasteiger partial charge in [-0.2, -0.15) is 0 Å². The summed E-state index contributed by atoms with van der Waals surface area (Å²) in [6.45, 7) is 7.92. The summed E-state index contributed by atoms with van der Waals surface area (Å²) in [6, 6.07) is 5.80. The van der Waals surface area contributed by atoms with Gasteiger partial charge in [-0.25, -0.2) is 13.9 Å². The highest BCUT2D eigenvalue weighted by molar-refractivity contribution is 9.10. The molecule has 0 amide bonds. The van der Waals surface area contributed by atoms with Crippen LogP contribution in [0.2, 0.25) is 0 Å². The van der Waals surface area contributed by atoms with E-state index in [1.807, 2.05) is 39.0 Å². The number of hydrogen-bond donors (Lipinski definition) is 1. The molecular formula is C12H19BrN2OS. The zero-order valence-electron chi connectivity index (χ0n) is 10.7. The largest absolute Gasteiger partial charge is 0.244 e. The van der Waals surface area contributed by atoms with E-state index in [0.29, 0.717) is 0 Å². The summed E-state index contributed by atoms with van der Waals surface area (Å²) in [6.07, 6.45) is 0.852. The molecule has 0 aliphatic heterocycles. The molecule has 0 saturated heterocycles. The van der Waals surface area contributed by atoms with E-state index in [0.717, 1.165) is 16.7 Å². The third-order valence-corrected chi connectivity index (χ3v) is 4.36. The Morgan fingerprint density at radius 1 is 1.47 bits per heavy atom. The monoisotopic (exact) mass is 318 g/mol. The summed E-state index contributed by atoms with van der Waals surface area (Å²) >= 11 is 3.35. The third-order valence-electron chi connectivity index (χ3n) is 2.31. The normalized spacial score (nSPS) is 15.6. The smallest absolute Gasteiger partial charge is 0.106 e. The highest BCUT2D eigenvalue weighted by Gasteiger charge is 2.23. The van der Waals surface area contributed by atoms with Crippen LogP contribution in [0.4, 0.5) is 0 Å². The van der Waals surface area contributed by atoms with Gasteiger partial charge in [-0.15, -0.1) is 0 Å². The molecule has 1 aromatic heterocycles. The second kappa shape index (κ2) is 6.07. The quantitative estimate of drug-likeness (QED) is 0.865. The molecule has 3 nitrogen and oxygen atoms in total. The average molecular weight is 319 g/mol. The van der Waals surface area contributed by atoms with Crippen molar-refractivity contribution in [3.8, 4) is 0 Å². The summed E-state index contributed by atoms with van der Waals surface area (Å²) in [5.74, 6) is 0. The van der Waals surface area contributed by atoms with Gasteiger partial charge < -0.3 is 0 Å². The minimum Gasteiger partial charge on any atom is -0.244 e. The van der Waals surface area contributed by atoms with E-state index in [2.05, 4.69) is 32.6 Å². The van der Waals surface area contributed by atoms with E-state index in [1.165, 1.54) is 0 Å². The maximum atomic E-state index is 12.1. The lowest BCUT2D eigenvalue weighted by Gasteiger charge is -2.23. The SMILES string of the molecule is CC[C@@H](N[S@@](=O)C(C)(C)C)c1cccc(Br)n1. The first-order chi connectivity index (χ1) is 7.84. The molecule has 96 valence electrons. The molecule has 0 spiro atoms. The van der Waals surface area contributed by atoms with E-state index in [4.69, 9.17) is 0 Å². The van der Waals surface area contributed by atoms with Gasteiger partial charge >= 0.3 is 0 Å². The van der Waals surface area contributed by atoms with E-state index in [-0.39, 0.29) is 10.8 Å². The fraction of sp³-hybridized carbons (Fsp3) is 0.583. The van der Waals surface area contributed by atoms with Gasteiger partial charge in [0.25, 0.3) is 0 Å². The second-order valence-corrected chi connectivity index (χ2v) is 7.66. The summed E-state index contributed by atoms with van der Waals surface area (Å²) in [7, 11) is -1.08. The Bertz CT molecular complexity index is 404. The van der Waals surface area contributed by atoms with Crippen molar-refractivity contribution in [2.75, 3.05) is 0 Å². The lowest BCUT2D eigenvalue weighted by Crippen LogP contribution is -2.35. The Morgan fingerprint density at radius 2 is 2.12 bits per heavy atom. The summed E-state index contributed by atoms with van der Waals surface area (Å²) in [5.41, 5.74) is 0.916. The number of nitrogens with zero attached hydrogens (tertiary/aromatic N) is 1. The van der Waals surface area contributed by atoms with Crippen molar-refractivity contribution in [1.29, 1.82) is 0 Å². The van der Waals surface area contributed by atoms with E-state index in [9.17, 15) is 4.21 Å². The fourth-order valence-corrected chi connectivity index (χ4v) is 2.53. The van der Waals surface area contributed by atoms with Gasteiger partial charge in [0.15, 0.2) is 0 Å². The van der Waals surface area contributed by atoms with Gasteiger partial charge in [-0.05, 0) is 55.3 Å². The van der Waals surface area contributed by atoms with E-state index in [1.54, 1.807) is 0 Å². The molecular weight excluding hydrogens is 300 g/mol. The second-order valence-electron chi connectivity index (χ2n) is 4.84. The highest BCUT2D eigenvalue weighted by atomic mass is 79.9. The predicted molar refractivity (Wildman–Crippen MR) is 76.0 cm³/mol. The molecule has 1 aromatic rings. The molecule has 2 atom stereocenters. The molecule has 5 heteroatoms. The zero-order chi connectivity index (χ0) is 13.1. The van der Waals surface area contributed by atoms with Crippen LogP contribution in [0.5, 0.6) is 0 Å². The minimum atomic E-state index is -1.08. The molecule has 1 rings (SSSR count). The van der Waals surface area contributed by atoms with Crippen LogP contribution in [-0.2, 0) is 11.0 Å². The van der Waals surface area contributed by atoms with Crippen molar-refractivity contribution >= 4 is 26.9 Å². The predicted octanol–water partition coefficient (Wildman–Crippen LogP) is 3.35. The Hall–Kier alpha value is -0.260. The maximum Gasteiger partial charge on any atom is 0.106 e. The Balaban J connectivity index is 2.83. The molecule has 1 heterocycles. The van der Waals surface area contributed by atoms with Crippen molar-refractivity contribution in [2.24, 2.45) is 0 Å². The van der Waals surface area contributed by atoms with Crippen LogP contribution in [0.3, 0.4) is 0 Å². The molecule has 17 heavy (non-hydrogen) atoms. The lowest BCUT2D eigenvalue weighted by atomic mass is 10.1. The Morgan fingerprint density at radius 3 is 2.59 bits per heavy atom. The first kappa shape index (κ1) is 14.8. The third kappa shape index (κ3) is 4.48. The summed E-state index contributed by atoms with van der Waals surface area (Å²) in [4.78, 5) is 4.40. The summed E-state index contributed by atoms with van der Waals surface area (Å²) in [5, 5.41) is 0. The number of halogens is 1. The molecule has 0 fully saturated rings. The molecule has 0 aliphatic carbocycles. The van der Waals surface area contributed by atoms with Crippen molar-refractivity contribution < 1.29 is 4.21 Å². The molecule has 0 aromatic carbocycles. The van der Waals surface area contributed by atoms with Crippen molar-refractivity contribution in [3.05, 3.63) is 28.5 Å². The maximum absolute atomic E-state index is 12.1. The molecule has 0 aliphatic rings. The number of nitrogens with one attached hydrogen (secondary N) is 1. The fourth-order valence-electron chi connectivity index (χ4n) is 1.28. The average Bonchev–Trinajstić information content (AvgIpc) is 2.24. The molecule has 0 bridgehead atoms. The number of hydrogen-bond acceptors (Lipinski definition) is 2. The molecule has 0 saturated carbocycles. The van der Waals surface area contributed by atoms with Crippen LogP contribution >= 0.6 is 15.9 Å². The van der Waals surface area contributed by atoms with E-state index < -0.39 is 11.0 Å². The van der Waals surface area contributed by atoms with Crippen LogP contribution < -0.4 is 4.72 Å². The topological polar surface area (TPSA) is 42.0 Å². The highest BCUT2D eigenvalue weighted by Crippen LogP contribution is 2.20. The van der Waals surface area contributed by atoms with Gasteiger partial charge in [0, 0.05) is 0 Å². The lowest BCUT2D eigenvalue weighted by molar-refractivity contribution is 0.579. The molecule has 0 radical (unpaired) electrons. The van der Waals surface area contributed by atoms with Crippen molar-refractivity contribution in [2.45, 2.75) is 44.9 Å². The summed E-state index contributed by atoms with van der Waals surface area (Å²) < 4.78 is 15.7. The van der Waals surface area contributed by atoms with Gasteiger partial charge in [0.1, 0.15) is 4.60 Å². The van der Waals surface area contributed by atoms with Crippen LogP contribution in [-0.4, -0.2) is 13.9 Å². The van der Waals surface area contributed by atoms with Gasteiger partial charge in [0.05, 0.1) is 27.5 Å². The van der Waals surface area contributed by atoms with Crippen molar-refractivity contribution in [1.82, 2.24) is 9.71 Å². The Labute approximate surface area is 114 Å². The van der Waals surface area contributed by atoms with Crippen LogP contribution in [0.1, 0.15) is 45.9 Å².